The van der Waals surface area contributed by atoms with Crippen LogP contribution in [0.15, 0.2) is 48.8 Å². The SMILES string of the molecule is N#Cc1ccc(Oc2ccc(-c3ncc4c5c3NCC=5NC(=O)CC=4)cn2)cc1. The zero-order chi connectivity index (χ0) is 19.8. The van der Waals surface area contributed by atoms with Gasteiger partial charge in [0.15, 0.2) is 0 Å². The minimum atomic E-state index is -0.0154. The van der Waals surface area contributed by atoms with Crippen LogP contribution in [0.3, 0.4) is 0 Å². The monoisotopic (exact) mass is 381 g/mol. The van der Waals surface area contributed by atoms with Crippen molar-refractivity contribution in [3.63, 3.8) is 0 Å². The van der Waals surface area contributed by atoms with Gasteiger partial charge in [-0.05, 0) is 30.3 Å². The number of pyridine rings is 2. The van der Waals surface area contributed by atoms with E-state index in [1.54, 1.807) is 42.7 Å². The van der Waals surface area contributed by atoms with Gasteiger partial charge in [0, 0.05) is 46.6 Å². The molecule has 3 aromatic rings. The molecule has 2 N–H and O–H groups in total. The van der Waals surface area contributed by atoms with E-state index in [1.807, 2.05) is 12.1 Å². The highest BCUT2D eigenvalue weighted by Crippen LogP contribution is 2.27. The highest BCUT2D eigenvalue weighted by molar-refractivity contribution is 5.91. The summed E-state index contributed by atoms with van der Waals surface area (Å²) in [6, 6.07) is 12.6. The first kappa shape index (κ1) is 17.0. The first-order chi connectivity index (χ1) is 14.2. The highest BCUT2D eigenvalue weighted by Gasteiger charge is 2.21. The van der Waals surface area contributed by atoms with Gasteiger partial charge in [-0.25, -0.2) is 4.98 Å². The minimum Gasteiger partial charge on any atom is -0.439 e. The van der Waals surface area contributed by atoms with Gasteiger partial charge in [0.1, 0.15) is 5.75 Å². The second-order valence-corrected chi connectivity index (χ2v) is 6.72. The van der Waals surface area contributed by atoms with Crippen LogP contribution in [0.25, 0.3) is 23.0 Å². The maximum absolute atomic E-state index is 11.9. The standard InChI is InChI=1S/C22H15N5O2/c23-9-13-1-5-16(6-2-13)29-19-8-4-15(11-24-19)21-22-20-14(10-25-21)3-7-18(28)27-17(20)12-26-22/h1-6,8,10-11,26H,7,12H2,(H,27,28). The number of carbonyl (C=O) groups excluding carboxylic acids is 1. The molecule has 4 heterocycles. The smallest absolute Gasteiger partial charge is 0.228 e. The summed E-state index contributed by atoms with van der Waals surface area (Å²) in [5.41, 5.74) is 3.98. The van der Waals surface area contributed by atoms with Gasteiger partial charge >= 0.3 is 0 Å². The van der Waals surface area contributed by atoms with E-state index in [0.29, 0.717) is 30.2 Å². The molecule has 1 amide bonds. The molecule has 2 aliphatic heterocycles. The van der Waals surface area contributed by atoms with Gasteiger partial charge in [-0.3, -0.25) is 9.78 Å². The molecule has 2 aromatic heterocycles. The van der Waals surface area contributed by atoms with E-state index in [9.17, 15) is 4.79 Å². The number of aromatic nitrogens is 2. The number of anilines is 1. The molecule has 5 rings (SSSR count). The largest absolute Gasteiger partial charge is 0.439 e. The first-order valence-corrected chi connectivity index (χ1v) is 9.12. The van der Waals surface area contributed by atoms with E-state index >= 15 is 0 Å². The number of nitrogens with zero attached hydrogens (tertiary/aromatic N) is 3. The van der Waals surface area contributed by atoms with Gasteiger partial charge in [0.2, 0.25) is 11.8 Å². The molecule has 0 saturated carbocycles. The van der Waals surface area contributed by atoms with Crippen LogP contribution in [0.2, 0.25) is 0 Å². The average Bonchev–Trinajstić information content (AvgIpc) is 3.09. The van der Waals surface area contributed by atoms with E-state index in [2.05, 4.69) is 26.7 Å². The van der Waals surface area contributed by atoms with Crippen molar-refractivity contribution in [2.24, 2.45) is 0 Å². The minimum absolute atomic E-state index is 0.0154. The van der Waals surface area contributed by atoms with Crippen molar-refractivity contribution >= 4 is 23.4 Å². The molecular weight excluding hydrogens is 366 g/mol. The zero-order valence-electron chi connectivity index (χ0n) is 15.3. The van der Waals surface area contributed by atoms with E-state index in [1.165, 1.54) is 0 Å². The number of hydrogen-bond acceptors (Lipinski definition) is 6. The lowest BCUT2D eigenvalue weighted by Crippen LogP contribution is -2.30. The number of carbonyl (C=O) groups is 1. The van der Waals surface area contributed by atoms with E-state index in [-0.39, 0.29) is 5.91 Å². The summed E-state index contributed by atoms with van der Waals surface area (Å²) in [6.45, 7) is 0.563. The Morgan fingerprint density at radius 1 is 1.07 bits per heavy atom. The molecule has 1 aromatic carbocycles. The normalized spacial score (nSPS) is 14.0. The number of nitrogens with one attached hydrogen (secondary N) is 2. The van der Waals surface area contributed by atoms with Crippen LogP contribution in [0.5, 0.6) is 11.6 Å². The fourth-order valence-corrected chi connectivity index (χ4v) is 3.49. The van der Waals surface area contributed by atoms with E-state index in [0.717, 1.165) is 33.1 Å². The Labute approximate surface area is 166 Å². The van der Waals surface area contributed by atoms with Crippen LogP contribution in [0, 0.1) is 11.3 Å². The van der Waals surface area contributed by atoms with Crippen LogP contribution in [-0.4, -0.2) is 22.4 Å². The molecule has 0 atom stereocenters. The topological polar surface area (TPSA) is 99.9 Å². The number of rotatable bonds is 3. The molecule has 7 heteroatoms. The molecule has 140 valence electrons. The molecule has 0 fully saturated rings. The number of ether oxygens (including phenoxy) is 1. The molecule has 0 spiro atoms. The van der Waals surface area contributed by atoms with Crippen molar-refractivity contribution in [2.45, 2.75) is 6.42 Å². The van der Waals surface area contributed by atoms with Crippen molar-refractivity contribution in [1.29, 1.82) is 5.26 Å². The number of amides is 1. The molecule has 29 heavy (non-hydrogen) atoms. The molecular formula is C22H15N5O2. The molecule has 0 bridgehead atoms. The van der Waals surface area contributed by atoms with Crippen molar-refractivity contribution < 1.29 is 9.53 Å². The van der Waals surface area contributed by atoms with Crippen LogP contribution in [-0.2, 0) is 4.79 Å². The lowest BCUT2D eigenvalue weighted by Gasteiger charge is -2.09. The Kier molecular flexibility index (Phi) is 3.96. The van der Waals surface area contributed by atoms with Gasteiger partial charge in [-0.2, -0.15) is 5.26 Å². The summed E-state index contributed by atoms with van der Waals surface area (Å²) in [6.07, 6.45) is 5.75. The first-order valence-electron chi connectivity index (χ1n) is 9.12. The fourth-order valence-electron chi connectivity index (χ4n) is 3.49. The molecule has 0 radical (unpaired) electrons. The van der Waals surface area contributed by atoms with Gasteiger partial charge in [-0.15, -0.1) is 0 Å². The average molecular weight is 381 g/mol. The summed E-state index contributed by atoms with van der Waals surface area (Å²) in [5, 5.41) is 17.1. The summed E-state index contributed by atoms with van der Waals surface area (Å²) < 4.78 is 5.74. The van der Waals surface area contributed by atoms with Gasteiger partial charge < -0.3 is 15.4 Å². The number of benzene rings is 1. The van der Waals surface area contributed by atoms with E-state index in [4.69, 9.17) is 10.00 Å². The molecule has 0 aliphatic carbocycles. The van der Waals surface area contributed by atoms with Crippen molar-refractivity contribution in [1.82, 2.24) is 15.3 Å². The van der Waals surface area contributed by atoms with Crippen molar-refractivity contribution in [2.75, 3.05) is 11.9 Å². The highest BCUT2D eigenvalue weighted by atomic mass is 16.5. The second kappa shape index (κ2) is 6.77. The van der Waals surface area contributed by atoms with Gasteiger partial charge in [0.05, 0.1) is 29.6 Å². The quantitative estimate of drug-likeness (QED) is 0.716. The van der Waals surface area contributed by atoms with Crippen LogP contribution < -0.4 is 25.8 Å². The van der Waals surface area contributed by atoms with Crippen LogP contribution >= 0.6 is 0 Å². The molecule has 0 unspecified atom stereocenters. The third-order valence-electron chi connectivity index (χ3n) is 4.87. The van der Waals surface area contributed by atoms with Gasteiger partial charge in [-0.1, -0.05) is 6.08 Å². The summed E-state index contributed by atoms with van der Waals surface area (Å²) >= 11 is 0. The molecule has 7 nitrogen and oxygen atoms in total. The molecule has 0 saturated heterocycles. The third kappa shape index (κ3) is 3.07. The maximum atomic E-state index is 11.9. The maximum Gasteiger partial charge on any atom is 0.228 e. The van der Waals surface area contributed by atoms with Crippen LogP contribution in [0.1, 0.15) is 12.0 Å². The Morgan fingerprint density at radius 3 is 2.69 bits per heavy atom. The summed E-state index contributed by atoms with van der Waals surface area (Å²) in [4.78, 5) is 20.9. The van der Waals surface area contributed by atoms with Crippen molar-refractivity contribution in [3.8, 4) is 29.0 Å². The lowest BCUT2D eigenvalue weighted by molar-refractivity contribution is -0.118. The third-order valence-corrected chi connectivity index (χ3v) is 4.87. The molecule has 2 aliphatic rings. The summed E-state index contributed by atoms with van der Waals surface area (Å²) in [5.74, 6) is 1.04. The Morgan fingerprint density at radius 2 is 1.93 bits per heavy atom. The Hall–Kier alpha value is -4.18. The van der Waals surface area contributed by atoms with E-state index < -0.39 is 0 Å². The predicted octanol–water partition coefficient (Wildman–Crippen LogP) is 1.64. The Balaban J connectivity index is 1.47. The predicted molar refractivity (Wildman–Crippen MR) is 107 cm³/mol. The Bertz CT molecular complexity index is 1290. The van der Waals surface area contributed by atoms with Crippen molar-refractivity contribution in [3.05, 3.63) is 64.8 Å². The van der Waals surface area contributed by atoms with Crippen LogP contribution in [0.4, 0.5) is 5.69 Å². The second-order valence-electron chi connectivity index (χ2n) is 6.72. The zero-order valence-corrected chi connectivity index (χ0v) is 15.3. The van der Waals surface area contributed by atoms with Gasteiger partial charge in [0.25, 0.3) is 0 Å². The number of hydrogen-bond donors (Lipinski definition) is 2. The fraction of sp³-hybridized carbons (Fsp3) is 0.0909. The number of nitriles is 1. The summed E-state index contributed by atoms with van der Waals surface area (Å²) in [7, 11) is 0. The lowest BCUT2D eigenvalue weighted by atomic mass is 10.1.